The predicted molar refractivity (Wildman–Crippen MR) is 236 cm³/mol. The largest absolute Gasteiger partial charge is 0.756 e. The van der Waals surface area contributed by atoms with Crippen molar-refractivity contribution in [3.63, 3.8) is 0 Å². The molecule has 9 nitrogen and oxygen atoms in total. The van der Waals surface area contributed by atoms with Crippen LogP contribution in [0.4, 0.5) is 0 Å². The summed E-state index contributed by atoms with van der Waals surface area (Å²) in [6.07, 6.45) is 43.4. The average Bonchev–Trinajstić information content (AvgIpc) is 3.16. The van der Waals surface area contributed by atoms with E-state index in [1.54, 1.807) is 0 Å². The van der Waals surface area contributed by atoms with Crippen molar-refractivity contribution < 1.29 is 42.1 Å². The molecule has 0 aliphatic rings. The minimum Gasteiger partial charge on any atom is -0.756 e. The molecule has 0 amide bonds. The number of carbonyl (C=O) groups is 2. The second kappa shape index (κ2) is 39.9. The first-order chi connectivity index (χ1) is 27.5. The van der Waals surface area contributed by atoms with Gasteiger partial charge in [0.25, 0.3) is 7.82 Å². The number of esters is 2. The third kappa shape index (κ3) is 43.9. The van der Waals surface area contributed by atoms with Gasteiger partial charge in [0.05, 0.1) is 27.7 Å². The maximum atomic E-state index is 12.7. The number of hydrogen-bond acceptors (Lipinski definition) is 8. The quantitative estimate of drug-likeness (QED) is 0.0196. The van der Waals surface area contributed by atoms with Crippen LogP contribution in [0.3, 0.4) is 0 Å². The second-order valence-corrected chi connectivity index (χ2v) is 18.5. The first-order valence-electron chi connectivity index (χ1n) is 23.5. The Bertz CT molecular complexity index is 1030. The Balaban J connectivity index is 4.31. The molecule has 0 heterocycles. The fraction of sp³-hybridized carbons (Fsp3) is 0.872. The van der Waals surface area contributed by atoms with E-state index in [9.17, 15) is 19.0 Å². The Morgan fingerprint density at radius 1 is 0.544 bits per heavy atom. The van der Waals surface area contributed by atoms with E-state index in [0.29, 0.717) is 17.4 Å². The summed E-state index contributed by atoms with van der Waals surface area (Å²) < 4.78 is 34.0. The number of nitrogens with zero attached hydrogens (tertiary/aromatic N) is 1. The van der Waals surface area contributed by atoms with Gasteiger partial charge < -0.3 is 27.9 Å². The Morgan fingerprint density at radius 3 is 1.40 bits per heavy atom. The summed E-state index contributed by atoms with van der Waals surface area (Å²) in [4.78, 5) is 37.6. The Labute approximate surface area is 351 Å². The highest BCUT2D eigenvalue weighted by Gasteiger charge is 2.21. The van der Waals surface area contributed by atoms with Gasteiger partial charge in [-0.3, -0.25) is 14.2 Å². The average molecular weight is 828 g/mol. The zero-order valence-electron chi connectivity index (χ0n) is 37.8. The van der Waals surface area contributed by atoms with Gasteiger partial charge in [-0.05, 0) is 44.9 Å². The molecule has 0 N–H and O–H groups in total. The van der Waals surface area contributed by atoms with Crippen molar-refractivity contribution in [2.45, 2.75) is 219 Å². The van der Waals surface area contributed by atoms with Crippen LogP contribution in [-0.2, 0) is 32.7 Å². The molecule has 0 rings (SSSR count). The minimum atomic E-state index is -4.62. The molecule has 0 aliphatic carbocycles. The van der Waals surface area contributed by atoms with E-state index < -0.39 is 26.5 Å². The van der Waals surface area contributed by atoms with Gasteiger partial charge in [0.1, 0.15) is 19.8 Å². The highest BCUT2D eigenvalue weighted by Crippen LogP contribution is 2.38. The molecule has 336 valence electrons. The van der Waals surface area contributed by atoms with Crippen LogP contribution in [-0.4, -0.2) is 70.0 Å². The molecule has 0 radical (unpaired) electrons. The summed E-state index contributed by atoms with van der Waals surface area (Å²) in [6.45, 7) is 4.23. The lowest BCUT2D eigenvalue weighted by Gasteiger charge is -2.28. The summed E-state index contributed by atoms with van der Waals surface area (Å²) in [6, 6.07) is 0. The number of likely N-dealkylation sites (N-methyl/N-ethyl adjacent to an activating group) is 1. The molecule has 0 spiro atoms. The van der Waals surface area contributed by atoms with Crippen molar-refractivity contribution in [3.8, 4) is 0 Å². The van der Waals surface area contributed by atoms with Gasteiger partial charge in [-0.2, -0.15) is 0 Å². The van der Waals surface area contributed by atoms with Crippen molar-refractivity contribution in [1.82, 2.24) is 0 Å². The number of hydrogen-bond donors (Lipinski definition) is 0. The van der Waals surface area contributed by atoms with Crippen LogP contribution in [0, 0.1) is 0 Å². The molecule has 0 aromatic rings. The van der Waals surface area contributed by atoms with E-state index in [4.69, 9.17) is 18.5 Å². The van der Waals surface area contributed by atoms with E-state index in [-0.39, 0.29) is 32.0 Å². The van der Waals surface area contributed by atoms with Crippen molar-refractivity contribution in [2.24, 2.45) is 0 Å². The smallest absolute Gasteiger partial charge is 0.306 e. The summed E-state index contributed by atoms with van der Waals surface area (Å²) in [5.74, 6) is -0.834. The summed E-state index contributed by atoms with van der Waals surface area (Å²) >= 11 is 0. The van der Waals surface area contributed by atoms with Gasteiger partial charge in [0, 0.05) is 12.8 Å². The molecular formula is C47H90NO8P. The lowest BCUT2D eigenvalue weighted by molar-refractivity contribution is -0.870. The molecule has 0 aliphatic heterocycles. The van der Waals surface area contributed by atoms with Gasteiger partial charge in [-0.25, -0.2) is 0 Å². The van der Waals surface area contributed by atoms with Crippen LogP contribution in [0.5, 0.6) is 0 Å². The third-order valence-corrected chi connectivity index (χ3v) is 11.2. The van der Waals surface area contributed by atoms with Crippen LogP contribution < -0.4 is 4.89 Å². The number of rotatable bonds is 43. The molecule has 10 heteroatoms. The number of ether oxygens (including phenoxy) is 2. The molecule has 2 unspecified atom stereocenters. The molecule has 2 atom stereocenters. The van der Waals surface area contributed by atoms with Gasteiger partial charge in [0.2, 0.25) is 0 Å². The van der Waals surface area contributed by atoms with E-state index >= 15 is 0 Å². The number of carbonyl (C=O) groups excluding carboxylic acids is 2. The van der Waals surface area contributed by atoms with Crippen molar-refractivity contribution >= 4 is 19.8 Å². The number of allylic oxidation sites excluding steroid dienone is 4. The number of quaternary nitrogens is 1. The Hall–Kier alpha value is -1.51. The summed E-state index contributed by atoms with van der Waals surface area (Å²) in [5.41, 5.74) is 0. The molecule has 0 fully saturated rings. The number of phosphoric ester groups is 1. The van der Waals surface area contributed by atoms with Crippen molar-refractivity contribution in [3.05, 3.63) is 24.3 Å². The van der Waals surface area contributed by atoms with Gasteiger partial charge >= 0.3 is 11.9 Å². The zero-order valence-corrected chi connectivity index (χ0v) is 38.7. The van der Waals surface area contributed by atoms with E-state index in [2.05, 4.69) is 38.2 Å². The number of unbranched alkanes of at least 4 members (excludes halogenated alkanes) is 25. The molecule has 0 saturated heterocycles. The first-order valence-corrected chi connectivity index (χ1v) is 25.0. The van der Waals surface area contributed by atoms with Gasteiger partial charge in [-0.15, -0.1) is 0 Å². The monoisotopic (exact) mass is 828 g/mol. The fourth-order valence-electron chi connectivity index (χ4n) is 6.51. The van der Waals surface area contributed by atoms with Crippen LogP contribution in [0.1, 0.15) is 213 Å². The maximum Gasteiger partial charge on any atom is 0.306 e. The summed E-state index contributed by atoms with van der Waals surface area (Å²) in [7, 11) is 1.17. The van der Waals surface area contributed by atoms with Crippen LogP contribution in [0.25, 0.3) is 0 Å². The molecule has 0 aromatic heterocycles. The normalized spacial score (nSPS) is 13.7. The number of phosphoric acid groups is 1. The fourth-order valence-corrected chi connectivity index (χ4v) is 7.24. The molecule has 0 aromatic carbocycles. The van der Waals surface area contributed by atoms with Crippen molar-refractivity contribution in [1.29, 1.82) is 0 Å². The van der Waals surface area contributed by atoms with E-state index in [0.717, 1.165) is 51.4 Å². The molecular weight excluding hydrogens is 737 g/mol. The topological polar surface area (TPSA) is 111 Å². The molecule has 0 bridgehead atoms. The SMILES string of the molecule is CCCCCC/C=C\C/C=C\CCCCCCCCCC(=O)OC(COC(=O)CCCCCCCCCCCCCCCCC)COP(=O)([O-])OCC[N+](C)(C)C. The third-order valence-electron chi connectivity index (χ3n) is 10.2. The Morgan fingerprint density at radius 2 is 0.947 bits per heavy atom. The van der Waals surface area contributed by atoms with Crippen LogP contribution in [0.2, 0.25) is 0 Å². The van der Waals surface area contributed by atoms with Crippen molar-refractivity contribution in [2.75, 3.05) is 47.5 Å². The van der Waals surface area contributed by atoms with Crippen LogP contribution >= 0.6 is 7.82 Å². The van der Waals surface area contributed by atoms with Crippen LogP contribution in [0.15, 0.2) is 24.3 Å². The second-order valence-electron chi connectivity index (χ2n) is 17.1. The lowest BCUT2D eigenvalue weighted by Crippen LogP contribution is -2.37. The van der Waals surface area contributed by atoms with E-state index in [1.165, 1.54) is 128 Å². The molecule has 0 saturated carbocycles. The highest BCUT2D eigenvalue weighted by molar-refractivity contribution is 7.45. The minimum absolute atomic E-state index is 0.0306. The van der Waals surface area contributed by atoms with Gasteiger partial charge in [0.15, 0.2) is 6.10 Å². The van der Waals surface area contributed by atoms with E-state index in [1.807, 2.05) is 21.1 Å². The highest BCUT2D eigenvalue weighted by atomic mass is 31.2. The first kappa shape index (κ1) is 55.5. The molecule has 57 heavy (non-hydrogen) atoms. The Kier molecular flexibility index (Phi) is 38.9. The predicted octanol–water partition coefficient (Wildman–Crippen LogP) is 12.9. The maximum absolute atomic E-state index is 12.7. The zero-order chi connectivity index (χ0) is 42.1. The lowest BCUT2D eigenvalue weighted by atomic mass is 10.0. The summed E-state index contributed by atoms with van der Waals surface area (Å²) in [5, 5.41) is 0. The standard InChI is InChI=1S/C47H90NO8P/c1-6-8-10-12-14-16-18-20-22-23-24-26-28-30-32-34-36-38-40-47(50)56-45(44-55-57(51,52)54-42-41-48(3,4)5)43-53-46(49)39-37-35-33-31-29-27-25-21-19-17-15-13-11-9-7-2/h16,18,22-23,45H,6-15,17,19-21,24-44H2,1-5H3/b18-16-,23-22-. The van der Waals surface area contributed by atoms with Gasteiger partial charge in [-0.1, -0.05) is 179 Å².